The highest BCUT2D eigenvalue weighted by molar-refractivity contribution is 9.08. The van der Waals surface area contributed by atoms with Crippen LogP contribution in [-0.2, 0) is 5.33 Å². The number of hydrogen-bond acceptors (Lipinski definition) is 3. The van der Waals surface area contributed by atoms with Crippen molar-refractivity contribution in [3.05, 3.63) is 33.9 Å². The Bertz CT molecular complexity index is 478. The van der Waals surface area contributed by atoms with Crippen LogP contribution < -0.4 is 4.74 Å². The van der Waals surface area contributed by atoms with Crippen molar-refractivity contribution < 1.29 is 9.66 Å². The molecule has 1 aromatic rings. The van der Waals surface area contributed by atoms with E-state index >= 15 is 0 Å². The number of nitro groups is 1. The fourth-order valence-corrected chi connectivity index (χ4v) is 3.24. The van der Waals surface area contributed by atoms with E-state index in [0.29, 0.717) is 5.33 Å². The molecule has 0 aromatic heterocycles. The molecule has 0 bridgehead atoms. The molecule has 1 aliphatic rings. The molecule has 2 rings (SSSR count). The first kappa shape index (κ1) is 15.3. The third kappa shape index (κ3) is 3.72. The Hall–Kier alpha value is -1.10. The SMILES string of the molecule is CCC1CCCC(Oc2ccc([N+](=O)[O-])cc2CBr)C1. The molecule has 4 nitrogen and oxygen atoms in total. The van der Waals surface area contributed by atoms with Crippen LogP contribution in [-0.4, -0.2) is 11.0 Å². The van der Waals surface area contributed by atoms with Gasteiger partial charge in [0.1, 0.15) is 5.75 Å². The summed E-state index contributed by atoms with van der Waals surface area (Å²) >= 11 is 3.38. The molecule has 0 aliphatic heterocycles. The minimum Gasteiger partial charge on any atom is -0.490 e. The first-order valence-corrected chi connectivity index (χ1v) is 8.26. The van der Waals surface area contributed by atoms with Gasteiger partial charge in [-0.25, -0.2) is 0 Å². The van der Waals surface area contributed by atoms with Crippen molar-refractivity contribution in [2.75, 3.05) is 0 Å². The van der Waals surface area contributed by atoms with Crippen LogP contribution in [0.2, 0.25) is 0 Å². The van der Waals surface area contributed by atoms with Gasteiger partial charge in [0.05, 0.1) is 11.0 Å². The van der Waals surface area contributed by atoms with Gasteiger partial charge in [0, 0.05) is 23.0 Å². The second-order valence-corrected chi connectivity index (χ2v) is 5.92. The van der Waals surface area contributed by atoms with Gasteiger partial charge in [0.25, 0.3) is 5.69 Å². The summed E-state index contributed by atoms with van der Waals surface area (Å²) in [5, 5.41) is 11.4. The molecule has 2 unspecified atom stereocenters. The first-order chi connectivity index (χ1) is 9.63. The van der Waals surface area contributed by atoms with Gasteiger partial charge in [0.15, 0.2) is 0 Å². The molecule has 0 amide bonds. The van der Waals surface area contributed by atoms with Gasteiger partial charge in [-0.05, 0) is 31.2 Å². The number of ether oxygens (including phenoxy) is 1. The van der Waals surface area contributed by atoms with Crippen molar-refractivity contribution >= 4 is 21.6 Å². The van der Waals surface area contributed by atoms with Crippen LogP contribution >= 0.6 is 15.9 Å². The van der Waals surface area contributed by atoms with Crippen LogP contribution in [0.25, 0.3) is 0 Å². The molecule has 2 atom stereocenters. The lowest BCUT2D eigenvalue weighted by molar-refractivity contribution is -0.384. The second-order valence-electron chi connectivity index (χ2n) is 5.36. The first-order valence-electron chi connectivity index (χ1n) is 7.14. The molecule has 1 saturated carbocycles. The zero-order valence-corrected chi connectivity index (χ0v) is 13.3. The Kier molecular flexibility index (Phi) is 5.40. The predicted molar refractivity (Wildman–Crippen MR) is 82.4 cm³/mol. The molecule has 0 heterocycles. The van der Waals surface area contributed by atoms with Crippen molar-refractivity contribution in [1.82, 2.24) is 0 Å². The van der Waals surface area contributed by atoms with Gasteiger partial charge in [-0.2, -0.15) is 0 Å². The molecule has 110 valence electrons. The predicted octanol–water partition coefficient (Wildman–Crippen LogP) is 4.84. The van der Waals surface area contributed by atoms with E-state index in [1.165, 1.54) is 25.3 Å². The van der Waals surface area contributed by atoms with Crippen molar-refractivity contribution in [2.24, 2.45) is 5.92 Å². The van der Waals surface area contributed by atoms with Crippen LogP contribution in [0.5, 0.6) is 5.75 Å². The summed E-state index contributed by atoms with van der Waals surface area (Å²) in [5.74, 6) is 1.52. The lowest BCUT2D eigenvalue weighted by Crippen LogP contribution is -2.25. The standard InChI is InChI=1S/C15H20BrNO3/c1-2-11-4-3-5-14(8-11)20-15-7-6-13(17(18)19)9-12(15)10-16/h6-7,9,11,14H,2-5,8,10H2,1H3. The van der Waals surface area contributed by atoms with Crippen LogP contribution in [0.3, 0.4) is 0 Å². The third-order valence-electron chi connectivity index (χ3n) is 4.00. The fraction of sp³-hybridized carbons (Fsp3) is 0.600. The molecule has 1 aliphatic carbocycles. The highest BCUT2D eigenvalue weighted by Crippen LogP contribution is 2.32. The molecule has 20 heavy (non-hydrogen) atoms. The number of non-ortho nitro benzene ring substituents is 1. The topological polar surface area (TPSA) is 52.4 Å². The Labute approximate surface area is 127 Å². The highest BCUT2D eigenvalue weighted by Gasteiger charge is 2.23. The van der Waals surface area contributed by atoms with E-state index in [0.717, 1.165) is 30.1 Å². The fourth-order valence-electron chi connectivity index (χ4n) is 2.80. The summed E-state index contributed by atoms with van der Waals surface area (Å²) in [5.41, 5.74) is 0.958. The average Bonchev–Trinajstić information content (AvgIpc) is 2.47. The monoisotopic (exact) mass is 341 g/mol. The van der Waals surface area contributed by atoms with Gasteiger partial charge in [-0.15, -0.1) is 0 Å². The Morgan fingerprint density at radius 2 is 2.25 bits per heavy atom. The van der Waals surface area contributed by atoms with Gasteiger partial charge in [-0.3, -0.25) is 10.1 Å². The maximum Gasteiger partial charge on any atom is 0.270 e. The summed E-state index contributed by atoms with van der Waals surface area (Å²) in [7, 11) is 0. The number of nitrogens with zero attached hydrogens (tertiary/aromatic N) is 1. The summed E-state index contributed by atoms with van der Waals surface area (Å²) < 4.78 is 6.09. The minimum absolute atomic E-state index is 0.113. The number of halogens is 1. The van der Waals surface area contributed by atoms with Gasteiger partial charge in [0.2, 0.25) is 0 Å². The molecule has 0 N–H and O–H groups in total. The second kappa shape index (κ2) is 7.07. The Morgan fingerprint density at radius 3 is 2.90 bits per heavy atom. The van der Waals surface area contributed by atoms with E-state index in [2.05, 4.69) is 22.9 Å². The maximum atomic E-state index is 10.8. The van der Waals surface area contributed by atoms with Crippen molar-refractivity contribution in [2.45, 2.75) is 50.5 Å². The van der Waals surface area contributed by atoms with Crippen LogP contribution in [0.4, 0.5) is 5.69 Å². The van der Waals surface area contributed by atoms with Crippen molar-refractivity contribution in [3.63, 3.8) is 0 Å². The van der Waals surface area contributed by atoms with E-state index in [9.17, 15) is 10.1 Å². The number of nitro benzene ring substituents is 1. The zero-order valence-electron chi connectivity index (χ0n) is 11.7. The largest absolute Gasteiger partial charge is 0.490 e. The van der Waals surface area contributed by atoms with Crippen LogP contribution in [0.1, 0.15) is 44.6 Å². The van der Waals surface area contributed by atoms with E-state index < -0.39 is 0 Å². The van der Waals surface area contributed by atoms with E-state index in [-0.39, 0.29) is 16.7 Å². The number of alkyl halides is 1. The zero-order chi connectivity index (χ0) is 14.5. The van der Waals surface area contributed by atoms with Crippen molar-refractivity contribution in [1.29, 1.82) is 0 Å². The molecule has 5 heteroatoms. The Balaban J connectivity index is 2.10. The lowest BCUT2D eigenvalue weighted by Gasteiger charge is -2.29. The average molecular weight is 342 g/mol. The summed E-state index contributed by atoms with van der Waals surface area (Å²) in [4.78, 5) is 10.4. The lowest BCUT2D eigenvalue weighted by atomic mass is 9.85. The Morgan fingerprint density at radius 1 is 1.45 bits per heavy atom. The normalized spacial score (nSPS) is 22.5. The molecule has 1 fully saturated rings. The molecule has 0 spiro atoms. The highest BCUT2D eigenvalue weighted by atomic mass is 79.9. The molecular weight excluding hydrogens is 322 g/mol. The van der Waals surface area contributed by atoms with E-state index in [1.807, 2.05) is 0 Å². The molecule has 0 saturated heterocycles. The molecular formula is C15H20BrNO3. The van der Waals surface area contributed by atoms with Gasteiger partial charge < -0.3 is 4.74 Å². The number of benzene rings is 1. The van der Waals surface area contributed by atoms with Crippen LogP contribution in [0.15, 0.2) is 18.2 Å². The summed E-state index contributed by atoms with van der Waals surface area (Å²) in [6.45, 7) is 2.23. The number of hydrogen-bond donors (Lipinski definition) is 0. The molecule has 1 aromatic carbocycles. The maximum absolute atomic E-state index is 10.8. The smallest absolute Gasteiger partial charge is 0.270 e. The van der Waals surface area contributed by atoms with Gasteiger partial charge in [-0.1, -0.05) is 35.7 Å². The molecule has 0 radical (unpaired) electrons. The van der Waals surface area contributed by atoms with Crippen molar-refractivity contribution in [3.8, 4) is 5.75 Å². The number of rotatable bonds is 5. The van der Waals surface area contributed by atoms with E-state index in [1.54, 1.807) is 12.1 Å². The minimum atomic E-state index is -0.371. The summed E-state index contributed by atoms with van der Waals surface area (Å²) in [6, 6.07) is 4.83. The summed E-state index contributed by atoms with van der Waals surface area (Å²) in [6.07, 6.45) is 6.12. The van der Waals surface area contributed by atoms with Crippen LogP contribution in [0, 0.1) is 16.0 Å². The third-order valence-corrected chi connectivity index (χ3v) is 4.61. The van der Waals surface area contributed by atoms with E-state index in [4.69, 9.17) is 4.74 Å². The van der Waals surface area contributed by atoms with Gasteiger partial charge >= 0.3 is 0 Å². The quantitative estimate of drug-likeness (QED) is 0.437.